The Hall–Kier alpha value is -1.87. The first-order chi connectivity index (χ1) is 14.3. The summed E-state index contributed by atoms with van der Waals surface area (Å²) in [7, 11) is -3.65. The molecule has 0 bridgehead atoms. The van der Waals surface area contributed by atoms with Crippen LogP contribution in [0, 0.1) is 6.92 Å². The van der Waals surface area contributed by atoms with Gasteiger partial charge in [0.1, 0.15) is 10.6 Å². The van der Waals surface area contributed by atoms with E-state index in [1.54, 1.807) is 15.2 Å². The smallest absolute Gasteiger partial charge is 0.246 e. The molecular weight excluding hydrogens is 440 g/mol. The molecule has 0 radical (unpaired) electrons. The summed E-state index contributed by atoms with van der Waals surface area (Å²) in [6, 6.07) is 9.72. The lowest BCUT2D eigenvalue weighted by Gasteiger charge is -2.36. The van der Waals surface area contributed by atoms with E-state index < -0.39 is 10.0 Å². The SMILES string of the molecule is Cc1ccc(Cl)cc1N1CCN(S(=O)(=O)c2cn(C(C)C)nc2-c2cccs2)CC1. The van der Waals surface area contributed by atoms with E-state index in [-0.39, 0.29) is 10.9 Å². The minimum absolute atomic E-state index is 0.0790. The molecule has 0 spiro atoms. The van der Waals surface area contributed by atoms with Crippen molar-refractivity contribution in [1.29, 1.82) is 0 Å². The number of benzene rings is 1. The molecule has 9 heteroatoms. The predicted molar refractivity (Wildman–Crippen MR) is 123 cm³/mol. The maximum atomic E-state index is 13.5. The first-order valence-electron chi connectivity index (χ1n) is 9.91. The normalized spacial score (nSPS) is 15.8. The lowest BCUT2D eigenvalue weighted by Crippen LogP contribution is -2.48. The van der Waals surface area contributed by atoms with Crippen LogP contribution in [0.4, 0.5) is 5.69 Å². The highest BCUT2D eigenvalue weighted by Crippen LogP contribution is 2.33. The maximum absolute atomic E-state index is 13.5. The molecule has 0 saturated carbocycles. The van der Waals surface area contributed by atoms with E-state index in [9.17, 15) is 8.42 Å². The minimum atomic E-state index is -3.65. The lowest BCUT2D eigenvalue weighted by atomic mass is 10.1. The summed E-state index contributed by atoms with van der Waals surface area (Å²) in [4.78, 5) is 3.34. The molecule has 30 heavy (non-hydrogen) atoms. The van der Waals surface area contributed by atoms with Gasteiger partial charge < -0.3 is 4.90 Å². The molecule has 3 aromatic rings. The van der Waals surface area contributed by atoms with Gasteiger partial charge in [-0.25, -0.2) is 8.42 Å². The number of rotatable bonds is 5. The van der Waals surface area contributed by atoms with Gasteiger partial charge in [0, 0.05) is 49.1 Å². The number of aromatic nitrogens is 2. The Labute approximate surface area is 186 Å². The Morgan fingerprint density at radius 2 is 1.87 bits per heavy atom. The molecule has 0 amide bonds. The molecule has 1 aromatic carbocycles. The van der Waals surface area contributed by atoms with Crippen molar-refractivity contribution in [3.05, 3.63) is 52.5 Å². The number of anilines is 1. The van der Waals surface area contributed by atoms with Crippen molar-refractivity contribution in [1.82, 2.24) is 14.1 Å². The van der Waals surface area contributed by atoms with Gasteiger partial charge in [0.15, 0.2) is 0 Å². The number of thiophene rings is 1. The fourth-order valence-electron chi connectivity index (χ4n) is 3.64. The van der Waals surface area contributed by atoms with Crippen molar-refractivity contribution in [2.45, 2.75) is 31.7 Å². The van der Waals surface area contributed by atoms with Gasteiger partial charge in [-0.05, 0) is 49.9 Å². The van der Waals surface area contributed by atoms with E-state index in [0.717, 1.165) is 16.1 Å². The van der Waals surface area contributed by atoms with Gasteiger partial charge in [-0.2, -0.15) is 9.40 Å². The Kier molecular flexibility index (Phi) is 5.94. The third-order valence-corrected chi connectivity index (χ3v) is 8.36. The van der Waals surface area contributed by atoms with Crippen LogP contribution in [0.5, 0.6) is 0 Å². The summed E-state index contributed by atoms with van der Waals surface area (Å²) in [5, 5.41) is 7.22. The summed E-state index contributed by atoms with van der Waals surface area (Å²) < 4.78 is 30.4. The fraction of sp³-hybridized carbons (Fsp3) is 0.381. The van der Waals surface area contributed by atoms with Crippen LogP contribution in [0.15, 0.2) is 46.8 Å². The summed E-state index contributed by atoms with van der Waals surface area (Å²) in [6.07, 6.45) is 1.67. The summed E-state index contributed by atoms with van der Waals surface area (Å²) in [5.41, 5.74) is 2.73. The standard InChI is InChI=1S/C21H25ClN4O2S2/c1-15(2)26-14-20(21(23-26)19-5-4-12-29-19)30(27,28)25-10-8-24(9-11-25)18-13-17(22)7-6-16(18)3/h4-7,12-15H,8-11H2,1-3H3. The van der Waals surface area contributed by atoms with Gasteiger partial charge in [0.25, 0.3) is 0 Å². The van der Waals surface area contributed by atoms with E-state index in [2.05, 4.69) is 10.00 Å². The third kappa shape index (κ3) is 4.01. The van der Waals surface area contributed by atoms with Gasteiger partial charge in [0.05, 0.1) is 4.88 Å². The first-order valence-corrected chi connectivity index (χ1v) is 12.6. The molecule has 0 N–H and O–H groups in total. The predicted octanol–water partition coefficient (Wildman–Crippen LogP) is 4.67. The van der Waals surface area contributed by atoms with Crippen LogP contribution < -0.4 is 4.90 Å². The molecule has 1 aliphatic heterocycles. The van der Waals surface area contributed by atoms with Crippen molar-refractivity contribution >= 4 is 38.6 Å². The molecule has 1 saturated heterocycles. The zero-order valence-electron chi connectivity index (χ0n) is 17.2. The van der Waals surface area contributed by atoms with Gasteiger partial charge in [-0.3, -0.25) is 4.68 Å². The molecule has 0 aliphatic carbocycles. The monoisotopic (exact) mass is 464 g/mol. The highest BCUT2D eigenvalue weighted by molar-refractivity contribution is 7.89. The summed E-state index contributed by atoms with van der Waals surface area (Å²) in [5.74, 6) is 0. The number of aryl methyl sites for hydroxylation is 1. The number of nitrogens with zero attached hydrogens (tertiary/aromatic N) is 4. The zero-order valence-corrected chi connectivity index (χ0v) is 19.6. The van der Waals surface area contributed by atoms with E-state index in [1.807, 2.05) is 56.5 Å². The molecule has 6 nitrogen and oxygen atoms in total. The minimum Gasteiger partial charge on any atom is -0.369 e. The second kappa shape index (κ2) is 8.34. The number of halogens is 1. The second-order valence-corrected chi connectivity index (χ2v) is 11.0. The molecule has 160 valence electrons. The van der Waals surface area contributed by atoms with Crippen LogP contribution in [0.25, 0.3) is 10.6 Å². The Morgan fingerprint density at radius 3 is 2.50 bits per heavy atom. The Bertz CT molecular complexity index is 1130. The molecule has 0 atom stereocenters. The molecule has 0 unspecified atom stereocenters. The average Bonchev–Trinajstić information content (AvgIpc) is 3.40. The van der Waals surface area contributed by atoms with E-state index in [0.29, 0.717) is 36.9 Å². The molecule has 1 fully saturated rings. The number of sulfonamides is 1. The van der Waals surface area contributed by atoms with Crippen LogP contribution in [0.2, 0.25) is 5.02 Å². The molecule has 4 rings (SSSR count). The van der Waals surface area contributed by atoms with Crippen LogP contribution in [-0.4, -0.2) is 48.7 Å². The molecular formula is C21H25ClN4O2S2. The fourth-order valence-corrected chi connectivity index (χ4v) is 6.16. The van der Waals surface area contributed by atoms with E-state index >= 15 is 0 Å². The highest BCUT2D eigenvalue weighted by atomic mass is 35.5. The molecule has 2 aromatic heterocycles. The molecule has 1 aliphatic rings. The average molecular weight is 465 g/mol. The van der Waals surface area contributed by atoms with Crippen molar-refractivity contribution in [3.63, 3.8) is 0 Å². The number of hydrogen-bond acceptors (Lipinski definition) is 5. The van der Waals surface area contributed by atoms with Crippen molar-refractivity contribution in [2.24, 2.45) is 0 Å². The number of hydrogen-bond donors (Lipinski definition) is 0. The van der Waals surface area contributed by atoms with Gasteiger partial charge >= 0.3 is 0 Å². The number of piperazine rings is 1. The third-order valence-electron chi connectivity index (χ3n) is 5.35. The van der Waals surface area contributed by atoms with Crippen molar-refractivity contribution in [3.8, 4) is 10.6 Å². The summed E-state index contributed by atoms with van der Waals surface area (Å²) >= 11 is 7.67. The van der Waals surface area contributed by atoms with Crippen LogP contribution in [-0.2, 0) is 10.0 Å². The quantitative estimate of drug-likeness (QED) is 0.550. The van der Waals surface area contributed by atoms with Crippen molar-refractivity contribution in [2.75, 3.05) is 31.1 Å². The highest BCUT2D eigenvalue weighted by Gasteiger charge is 2.33. The van der Waals surface area contributed by atoms with E-state index in [1.165, 1.54) is 11.3 Å². The second-order valence-electron chi connectivity index (χ2n) is 7.71. The van der Waals surface area contributed by atoms with Crippen LogP contribution in [0.1, 0.15) is 25.5 Å². The van der Waals surface area contributed by atoms with Crippen molar-refractivity contribution < 1.29 is 8.42 Å². The largest absolute Gasteiger partial charge is 0.369 e. The Balaban J connectivity index is 1.60. The Morgan fingerprint density at radius 1 is 1.13 bits per heavy atom. The van der Waals surface area contributed by atoms with Gasteiger partial charge in [-0.1, -0.05) is 23.7 Å². The zero-order chi connectivity index (χ0) is 21.5. The van der Waals surface area contributed by atoms with Crippen LogP contribution in [0.3, 0.4) is 0 Å². The topological polar surface area (TPSA) is 58.4 Å². The summed E-state index contributed by atoms with van der Waals surface area (Å²) in [6.45, 7) is 8.11. The molecule has 3 heterocycles. The van der Waals surface area contributed by atoms with Gasteiger partial charge in [0.2, 0.25) is 10.0 Å². The first kappa shape index (κ1) is 21.4. The van der Waals surface area contributed by atoms with Crippen LogP contribution >= 0.6 is 22.9 Å². The van der Waals surface area contributed by atoms with E-state index in [4.69, 9.17) is 11.6 Å². The lowest BCUT2D eigenvalue weighted by molar-refractivity contribution is 0.385. The van der Waals surface area contributed by atoms with Gasteiger partial charge in [-0.15, -0.1) is 11.3 Å². The maximum Gasteiger partial charge on any atom is 0.246 e.